The number of hydrogen-bond donors (Lipinski definition) is 0. The third-order valence-corrected chi connectivity index (χ3v) is 3.03. The van der Waals surface area contributed by atoms with Gasteiger partial charge < -0.3 is 0 Å². The van der Waals surface area contributed by atoms with E-state index in [1.54, 1.807) is 6.92 Å². The Kier molecular flexibility index (Phi) is 2.13. The first kappa shape index (κ1) is 9.95. The Balaban J connectivity index is 2.58. The van der Waals surface area contributed by atoms with Crippen molar-refractivity contribution in [3.63, 3.8) is 0 Å². The van der Waals surface area contributed by atoms with E-state index in [9.17, 15) is 4.79 Å². The van der Waals surface area contributed by atoms with Gasteiger partial charge in [-0.15, -0.1) is 0 Å². The second-order valence-corrected chi connectivity index (χ2v) is 4.03. The number of alkyl halides is 1. The summed E-state index contributed by atoms with van der Waals surface area (Å²) in [6.07, 6.45) is 0. The summed E-state index contributed by atoms with van der Waals surface area (Å²) in [6.45, 7) is 1.70. The molecular formula is C12H8ClNO. The molecule has 74 valence electrons. The van der Waals surface area contributed by atoms with E-state index < -0.39 is 4.87 Å². The monoisotopic (exact) mass is 217 g/mol. The highest BCUT2D eigenvalue weighted by Crippen LogP contribution is 2.46. The maximum atomic E-state index is 11.5. The minimum absolute atomic E-state index is 0.287. The highest BCUT2D eigenvalue weighted by atomic mass is 35.5. The van der Waals surface area contributed by atoms with Crippen molar-refractivity contribution in [3.05, 3.63) is 41.5 Å². The van der Waals surface area contributed by atoms with Gasteiger partial charge in [-0.05, 0) is 12.5 Å². The molecule has 3 heteroatoms. The Hall–Kier alpha value is -1.59. The van der Waals surface area contributed by atoms with Gasteiger partial charge in [0.2, 0.25) is 4.87 Å². The predicted octanol–water partition coefficient (Wildman–Crippen LogP) is 2.54. The van der Waals surface area contributed by atoms with Crippen LogP contribution in [0.25, 0.3) is 5.57 Å². The summed E-state index contributed by atoms with van der Waals surface area (Å²) < 4.78 is 0. The molecule has 1 unspecified atom stereocenters. The zero-order chi connectivity index (χ0) is 11.1. The van der Waals surface area contributed by atoms with Crippen LogP contribution in [-0.4, -0.2) is 10.7 Å². The number of nitrogens with zero attached hydrogens (tertiary/aromatic N) is 1. The van der Waals surface area contributed by atoms with Crippen molar-refractivity contribution in [1.29, 1.82) is 5.26 Å². The quantitative estimate of drug-likeness (QED) is 0.679. The number of benzene rings is 1. The average Bonchev–Trinajstić information content (AvgIpc) is 2.29. The van der Waals surface area contributed by atoms with Crippen LogP contribution in [0, 0.1) is 11.3 Å². The van der Waals surface area contributed by atoms with Crippen LogP contribution in [0.5, 0.6) is 0 Å². The van der Waals surface area contributed by atoms with Crippen LogP contribution in [-0.2, 0) is 4.79 Å². The third kappa shape index (κ3) is 1.20. The number of nitriles is 1. The summed E-state index contributed by atoms with van der Waals surface area (Å²) in [5, 5.41) is 8.93. The summed E-state index contributed by atoms with van der Waals surface area (Å²) in [5.41, 5.74) is 2.06. The minimum atomic E-state index is -1.47. The van der Waals surface area contributed by atoms with E-state index in [4.69, 9.17) is 16.9 Å². The molecule has 1 atom stereocenters. The van der Waals surface area contributed by atoms with E-state index in [-0.39, 0.29) is 5.78 Å². The van der Waals surface area contributed by atoms with E-state index in [1.807, 2.05) is 36.4 Å². The molecule has 1 aliphatic rings. The van der Waals surface area contributed by atoms with Crippen molar-refractivity contribution in [1.82, 2.24) is 0 Å². The fourth-order valence-corrected chi connectivity index (χ4v) is 2.20. The molecule has 0 fully saturated rings. The third-order valence-electron chi connectivity index (χ3n) is 2.59. The standard InChI is InChI=1S/C12H8ClNO/c1-8-10(9-5-3-2-4-6-9)12(13,7-14)11(8)15/h2-6H,1H3. The van der Waals surface area contributed by atoms with Crippen molar-refractivity contribution in [3.8, 4) is 6.07 Å². The number of halogens is 1. The average molecular weight is 218 g/mol. The fraction of sp³-hybridized carbons (Fsp3) is 0.167. The fourth-order valence-electron chi connectivity index (χ4n) is 1.81. The highest BCUT2D eigenvalue weighted by molar-refractivity contribution is 6.52. The Morgan fingerprint density at radius 2 is 1.93 bits per heavy atom. The first-order valence-corrected chi connectivity index (χ1v) is 4.91. The molecule has 0 N–H and O–H groups in total. The van der Waals surface area contributed by atoms with Crippen molar-refractivity contribution < 1.29 is 4.79 Å². The highest BCUT2D eigenvalue weighted by Gasteiger charge is 2.51. The SMILES string of the molecule is CC1=C(c2ccccc2)C(Cl)(C#N)C1=O. The van der Waals surface area contributed by atoms with Crippen LogP contribution in [0.1, 0.15) is 12.5 Å². The molecule has 1 aliphatic carbocycles. The Bertz CT molecular complexity index is 498. The van der Waals surface area contributed by atoms with Crippen molar-refractivity contribution in [2.24, 2.45) is 0 Å². The lowest BCUT2D eigenvalue weighted by atomic mass is 9.73. The summed E-state index contributed by atoms with van der Waals surface area (Å²) in [7, 11) is 0. The molecule has 0 bridgehead atoms. The van der Waals surface area contributed by atoms with Gasteiger partial charge in [-0.25, -0.2) is 0 Å². The molecule has 1 aromatic carbocycles. The van der Waals surface area contributed by atoms with E-state index in [0.29, 0.717) is 11.1 Å². The molecule has 0 amide bonds. The maximum Gasteiger partial charge on any atom is 0.218 e. The van der Waals surface area contributed by atoms with E-state index >= 15 is 0 Å². The molecule has 0 saturated heterocycles. The van der Waals surface area contributed by atoms with Crippen LogP contribution in [0.15, 0.2) is 35.9 Å². The van der Waals surface area contributed by atoms with E-state index in [0.717, 1.165) is 5.56 Å². The smallest absolute Gasteiger partial charge is 0.218 e. The first-order valence-electron chi connectivity index (χ1n) is 4.53. The van der Waals surface area contributed by atoms with Crippen LogP contribution in [0.3, 0.4) is 0 Å². The van der Waals surface area contributed by atoms with Crippen molar-refractivity contribution in [2.45, 2.75) is 11.8 Å². The molecule has 0 aliphatic heterocycles. The summed E-state index contributed by atoms with van der Waals surface area (Å²) in [4.78, 5) is 10.0. The van der Waals surface area contributed by atoms with Gasteiger partial charge in [0.25, 0.3) is 0 Å². The van der Waals surface area contributed by atoms with Crippen LogP contribution >= 0.6 is 11.6 Å². The van der Waals surface area contributed by atoms with Gasteiger partial charge in [0.1, 0.15) is 0 Å². The summed E-state index contributed by atoms with van der Waals surface area (Å²) >= 11 is 5.97. The Morgan fingerprint density at radius 1 is 1.33 bits per heavy atom. The predicted molar refractivity (Wildman–Crippen MR) is 58.2 cm³/mol. The molecule has 2 nitrogen and oxygen atoms in total. The number of carbonyl (C=O) groups excluding carboxylic acids is 1. The van der Waals surface area contributed by atoms with E-state index in [1.165, 1.54) is 0 Å². The van der Waals surface area contributed by atoms with Gasteiger partial charge in [-0.2, -0.15) is 5.26 Å². The van der Waals surface area contributed by atoms with Gasteiger partial charge in [0.15, 0.2) is 5.78 Å². The minimum Gasteiger partial charge on any atom is -0.291 e. The molecular weight excluding hydrogens is 210 g/mol. The van der Waals surface area contributed by atoms with Crippen LogP contribution < -0.4 is 0 Å². The zero-order valence-electron chi connectivity index (χ0n) is 8.12. The Morgan fingerprint density at radius 3 is 2.47 bits per heavy atom. The molecule has 0 heterocycles. The lowest BCUT2D eigenvalue weighted by Crippen LogP contribution is -2.43. The Labute approximate surface area is 92.8 Å². The summed E-state index contributed by atoms with van der Waals surface area (Å²) in [5.74, 6) is -0.287. The van der Waals surface area contributed by atoms with Crippen LogP contribution in [0.2, 0.25) is 0 Å². The van der Waals surface area contributed by atoms with Crippen LogP contribution in [0.4, 0.5) is 0 Å². The molecule has 0 saturated carbocycles. The van der Waals surface area contributed by atoms with Gasteiger partial charge in [-0.1, -0.05) is 41.9 Å². The van der Waals surface area contributed by atoms with Crippen molar-refractivity contribution >= 4 is 23.0 Å². The zero-order valence-corrected chi connectivity index (χ0v) is 8.88. The van der Waals surface area contributed by atoms with Gasteiger partial charge in [-0.3, -0.25) is 4.79 Å². The molecule has 1 aromatic rings. The first-order chi connectivity index (χ1) is 7.11. The molecule has 0 aromatic heterocycles. The van der Waals surface area contributed by atoms with Gasteiger partial charge in [0, 0.05) is 11.1 Å². The number of Topliss-reactive ketones (excluding diaryl/α,β-unsaturated/α-hetero) is 1. The number of allylic oxidation sites excluding steroid dienone is 2. The lowest BCUT2D eigenvalue weighted by molar-refractivity contribution is -0.116. The van der Waals surface area contributed by atoms with Gasteiger partial charge >= 0.3 is 0 Å². The lowest BCUT2D eigenvalue weighted by Gasteiger charge is -2.32. The van der Waals surface area contributed by atoms with E-state index in [2.05, 4.69) is 0 Å². The second kappa shape index (κ2) is 3.22. The normalized spacial score (nSPS) is 24.7. The summed E-state index contributed by atoms with van der Waals surface area (Å²) in [6, 6.07) is 11.1. The second-order valence-electron chi connectivity index (χ2n) is 3.47. The van der Waals surface area contributed by atoms with Gasteiger partial charge in [0.05, 0.1) is 6.07 Å². The maximum absolute atomic E-state index is 11.5. The van der Waals surface area contributed by atoms with Crippen molar-refractivity contribution in [2.75, 3.05) is 0 Å². The topological polar surface area (TPSA) is 40.9 Å². The number of hydrogen-bond acceptors (Lipinski definition) is 2. The number of carbonyl (C=O) groups is 1. The number of ketones is 1. The molecule has 0 spiro atoms. The number of rotatable bonds is 1. The molecule has 0 radical (unpaired) electrons. The largest absolute Gasteiger partial charge is 0.291 e. The molecule has 15 heavy (non-hydrogen) atoms. The molecule has 2 rings (SSSR count).